The molecule has 0 aromatic heterocycles. The fourth-order valence-electron chi connectivity index (χ4n) is 3.36. The molecule has 1 saturated heterocycles. The molecule has 3 rings (SSSR count). The van der Waals surface area contributed by atoms with Gasteiger partial charge in [-0.3, -0.25) is 10.2 Å². The highest BCUT2D eigenvalue weighted by atomic mass is 19.4. The highest BCUT2D eigenvalue weighted by Gasteiger charge is 2.46. The fourth-order valence-corrected chi connectivity index (χ4v) is 3.36. The number of amides is 1. The second-order valence-electron chi connectivity index (χ2n) is 7.46. The van der Waals surface area contributed by atoms with Crippen LogP contribution in [0.15, 0.2) is 36.4 Å². The molecule has 134 valence electrons. The summed E-state index contributed by atoms with van der Waals surface area (Å²) >= 11 is 0. The minimum absolute atomic E-state index is 0.0447. The number of rotatable bonds is 2. The van der Waals surface area contributed by atoms with Crippen LogP contribution in [0.1, 0.15) is 44.4 Å². The highest BCUT2D eigenvalue weighted by Crippen LogP contribution is 2.39. The van der Waals surface area contributed by atoms with E-state index in [4.69, 9.17) is 0 Å². The predicted molar refractivity (Wildman–Crippen MR) is 90.9 cm³/mol. The quantitative estimate of drug-likeness (QED) is 0.866. The summed E-state index contributed by atoms with van der Waals surface area (Å²) in [6, 6.07) is 8.69. The summed E-state index contributed by atoms with van der Waals surface area (Å²) in [6.07, 6.45) is -4.40. The highest BCUT2D eigenvalue weighted by molar-refractivity contribution is 5.87. The third kappa shape index (κ3) is 3.49. The van der Waals surface area contributed by atoms with Crippen molar-refractivity contribution in [1.82, 2.24) is 10.4 Å². The van der Waals surface area contributed by atoms with E-state index in [-0.39, 0.29) is 29.9 Å². The Morgan fingerprint density at radius 2 is 1.84 bits per heavy atom. The molecule has 0 bridgehead atoms. The van der Waals surface area contributed by atoms with Gasteiger partial charge in [-0.25, -0.2) is 5.01 Å². The monoisotopic (exact) mass is 350 g/mol. The third-order valence-electron chi connectivity index (χ3n) is 4.50. The van der Waals surface area contributed by atoms with Crippen LogP contribution in [0.2, 0.25) is 0 Å². The molecule has 0 radical (unpaired) electrons. The van der Waals surface area contributed by atoms with Crippen LogP contribution in [-0.2, 0) is 10.2 Å². The van der Waals surface area contributed by atoms with Crippen LogP contribution in [0.4, 0.5) is 13.2 Å². The number of carbonyl (C=O) groups is 1. The summed E-state index contributed by atoms with van der Waals surface area (Å²) in [5.74, 6) is -0.384. The summed E-state index contributed by atoms with van der Waals surface area (Å²) in [7, 11) is 0. The first-order chi connectivity index (χ1) is 11.6. The van der Waals surface area contributed by atoms with Crippen molar-refractivity contribution in [2.75, 3.05) is 6.54 Å². The molecule has 1 aliphatic rings. The van der Waals surface area contributed by atoms with Crippen molar-refractivity contribution in [3.63, 3.8) is 0 Å². The summed E-state index contributed by atoms with van der Waals surface area (Å²) in [5, 5.41) is 2.70. The Balaban J connectivity index is 2.09. The first kappa shape index (κ1) is 17.7. The maximum atomic E-state index is 13.7. The Bertz CT molecular complexity index is 808. The zero-order chi connectivity index (χ0) is 18.4. The Labute approximate surface area is 144 Å². The van der Waals surface area contributed by atoms with E-state index in [9.17, 15) is 18.0 Å². The lowest BCUT2D eigenvalue weighted by Crippen LogP contribution is -2.43. The summed E-state index contributed by atoms with van der Waals surface area (Å²) in [6.45, 7) is 6.28. The van der Waals surface area contributed by atoms with Crippen LogP contribution in [0.5, 0.6) is 0 Å². The topological polar surface area (TPSA) is 32.3 Å². The number of halogens is 3. The number of alkyl halides is 3. The largest absolute Gasteiger partial charge is 0.409 e. The zero-order valence-electron chi connectivity index (χ0n) is 14.4. The minimum atomic E-state index is -4.48. The molecule has 0 saturated carbocycles. The van der Waals surface area contributed by atoms with E-state index in [1.54, 1.807) is 12.1 Å². The van der Waals surface area contributed by atoms with Gasteiger partial charge in [-0.05, 0) is 33.4 Å². The van der Waals surface area contributed by atoms with Crippen molar-refractivity contribution >= 4 is 16.7 Å². The van der Waals surface area contributed by atoms with Crippen LogP contribution in [0.3, 0.4) is 0 Å². The van der Waals surface area contributed by atoms with Gasteiger partial charge in [-0.15, -0.1) is 0 Å². The van der Waals surface area contributed by atoms with Crippen molar-refractivity contribution in [3.8, 4) is 0 Å². The van der Waals surface area contributed by atoms with Gasteiger partial charge in [0.05, 0.1) is 0 Å². The SMILES string of the molecule is CC(C)(C)c1cccc2cc(C(N3CCC(=O)N3)C(F)(F)F)ccc12. The number of fused-ring (bicyclic) bond motifs is 1. The number of hydrogen-bond acceptors (Lipinski definition) is 2. The lowest BCUT2D eigenvalue weighted by molar-refractivity contribution is -0.191. The van der Waals surface area contributed by atoms with Crippen LogP contribution in [-0.4, -0.2) is 23.6 Å². The standard InChI is InChI=1S/C19H21F3N2O/c1-18(2,3)15-6-4-5-12-11-13(7-8-14(12)15)17(19(20,21)22)24-10-9-16(25)23-24/h4-8,11,17H,9-10H2,1-3H3,(H,23,25). The first-order valence-corrected chi connectivity index (χ1v) is 8.23. The van der Waals surface area contributed by atoms with Crippen LogP contribution < -0.4 is 5.43 Å². The van der Waals surface area contributed by atoms with Crippen molar-refractivity contribution < 1.29 is 18.0 Å². The smallest absolute Gasteiger partial charge is 0.288 e. The van der Waals surface area contributed by atoms with Gasteiger partial charge in [0.15, 0.2) is 0 Å². The normalized spacial score (nSPS) is 17.8. The van der Waals surface area contributed by atoms with E-state index in [1.165, 1.54) is 6.07 Å². The van der Waals surface area contributed by atoms with E-state index in [0.717, 1.165) is 21.3 Å². The van der Waals surface area contributed by atoms with Gasteiger partial charge < -0.3 is 0 Å². The molecule has 0 aliphatic carbocycles. The molecule has 25 heavy (non-hydrogen) atoms. The number of hydrazine groups is 1. The molecule has 1 aliphatic heterocycles. The second kappa shape index (κ2) is 6.02. The maximum absolute atomic E-state index is 13.7. The fraction of sp³-hybridized carbons (Fsp3) is 0.421. The number of nitrogens with one attached hydrogen (secondary N) is 1. The second-order valence-corrected chi connectivity index (χ2v) is 7.46. The lowest BCUT2D eigenvalue weighted by Gasteiger charge is -2.29. The average molecular weight is 350 g/mol. The summed E-state index contributed by atoms with van der Waals surface area (Å²) < 4.78 is 41.0. The zero-order valence-corrected chi connectivity index (χ0v) is 14.4. The third-order valence-corrected chi connectivity index (χ3v) is 4.50. The van der Waals surface area contributed by atoms with E-state index in [2.05, 4.69) is 26.2 Å². The molecule has 1 unspecified atom stereocenters. The molecule has 1 heterocycles. The van der Waals surface area contributed by atoms with Crippen molar-refractivity contribution in [1.29, 1.82) is 0 Å². The predicted octanol–water partition coefficient (Wildman–Crippen LogP) is 4.48. The van der Waals surface area contributed by atoms with Gasteiger partial charge in [-0.1, -0.05) is 51.1 Å². The number of hydrogen-bond donors (Lipinski definition) is 1. The van der Waals surface area contributed by atoms with E-state index in [0.29, 0.717) is 0 Å². The molecule has 3 nitrogen and oxygen atoms in total. The number of benzene rings is 2. The van der Waals surface area contributed by atoms with Crippen molar-refractivity contribution in [2.45, 2.75) is 44.8 Å². The Morgan fingerprint density at radius 3 is 2.40 bits per heavy atom. The maximum Gasteiger partial charge on any atom is 0.409 e. The van der Waals surface area contributed by atoms with Crippen molar-refractivity contribution in [2.24, 2.45) is 0 Å². The van der Waals surface area contributed by atoms with Gasteiger partial charge in [-0.2, -0.15) is 13.2 Å². The molecule has 2 aromatic rings. The van der Waals surface area contributed by atoms with Gasteiger partial charge in [0, 0.05) is 13.0 Å². The number of carbonyl (C=O) groups excluding carboxylic acids is 1. The molecule has 1 N–H and O–H groups in total. The van der Waals surface area contributed by atoms with Gasteiger partial charge in [0.2, 0.25) is 5.91 Å². The first-order valence-electron chi connectivity index (χ1n) is 8.23. The van der Waals surface area contributed by atoms with Crippen LogP contribution in [0.25, 0.3) is 10.8 Å². The number of nitrogens with zero attached hydrogens (tertiary/aromatic N) is 1. The molecular formula is C19H21F3N2O. The molecular weight excluding hydrogens is 329 g/mol. The Morgan fingerprint density at radius 1 is 1.12 bits per heavy atom. The van der Waals surface area contributed by atoms with E-state index >= 15 is 0 Å². The Hall–Kier alpha value is -2.08. The minimum Gasteiger partial charge on any atom is -0.288 e. The molecule has 1 amide bonds. The van der Waals surface area contributed by atoms with Gasteiger partial charge in [0.1, 0.15) is 6.04 Å². The van der Waals surface area contributed by atoms with E-state index < -0.39 is 12.2 Å². The molecule has 0 spiro atoms. The lowest BCUT2D eigenvalue weighted by atomic mass is 9.83. The van der Waals surface area contributed by atoms with Crippen LogP contribution in [0, 0.1) is 0 Å². The molecule has 1 atom stereocenters. The van der Waals surface area contributed by atoms with Crippen molar-refractivity contribution in [3.05, 3.63) is 47.5 Å². The van der Waals surface area contributed by atoms with E-state index in [1.807, 2.05) is 18.2 Å². The Kier molecular flexibility index (Phi) is 4.27. The summed E-state index contributed by atoms with van der Waals surface area (Å²) in [5.41, 5.74) is 3.44. The molecule has 2 aromatic carbocycles. The average Bonchev–Trinajstić information content (AvgIpc) is 2.90. The van der Waals surface area contributed by atoms with Gasteiger partial charge in [0.25, 0.3) is 0 Å². The van der Waals surface area contributed by atoms with Gasteiger partial charge >= 0.3 is 6.18 Å². The van der Waals surface area contributed by atoms with Crippen LogP contribution >= 0.6 is 0 Å². The molecule has 6 heteroatoms. The molecule has 1 fully saturated rings. The summed E-state index contributed by atoms with van der Waals surface area (Å²) in [4.78, 5) is 11.4.